The molecule has 0 saturated heterocycles. The van der Waals surface area contributed by atoms with E-state index in [2.05, 4.69) is 16.9 Å². The Bertz CT molecular complexity index is 246. The highest BCUT2D eigenvalue weighted by molar-refractivity contribution is 5.43. The quantitative estimate of drug-likeness (QED) is 0.773. The molecule has 0 spiro atoms. The van der Waals surface area contributed by atoms with Crippen molar-refractivity contribution >= 4 is 5.69 Å². The Labute approximate surface area is 85.9 Å². The van der Waals surface area contributed by atoms with Crippen LogP contribution >= 0.6 is 0 Å². The minimum atomic E-state index is 0.306. The van der Waals surface area contributed by atoms with Crippen LogP contribution in [0, 0.1) is 0 Å². The monoisotopic (exact) mass is 193 g/mol. The molecule has 78 valence electrons. The summed E-state index contributed by atoms with van der Waals surface area (Å²) in [4.78, 5) is 6.22. The van der Waals surface area contributed by atoms with E-state index in [1.54, 1.807) is 0 Å². The van der Waals surface area contributed by atoms with Crippen molar-refractivity contribution in [2.24, 2.45) is 5.73 Å². The molecule has 0 aromatic carbocycles. The zero-order chi connectivity index (χ0) is 10.4. The Hall–Kier alpha value is -1.09. The van der Waals surface area contributed by atoms with E-state index in [4.69, 9.17) is 5.73 Å². The highest BCUT2D eigenvalue weighted by Crippen LogP contribution is 2.10. The summed E-state index contributed by atoms with van der Waals surface area (Å²) in [5, 5.41) is 0. The van der Waals surface area contributed by atoms with E-state index in [0.717, 1.165) is 19.4 Å². The maximum absolute atomic E-state index is 5.69. The van der Waals surface area contributed by atoms with Crippen molar-refractivity contribution in [1.82, 2.24) is 4.98 Å². The molecular formula is C11H19N3. The van der Waals surface area contributed by atoms with Crippen molar-refractivity contribution < 1.29 is 0 Å². The smallest absolute Gasteiger partial charge is 0.0394 e. The molecule has 1 rings (SSSR count). The van der Waals surface area contributed by atoms with Gasteiger partial charge in [0.1, 0.15) is 0 Å². The zero-order valence-corrected chi connectivity index (χ0v) is 8.98. The third kappa shape index (κ3) is 3.75. The number of hydrogen-bond acceptors (Lipinski definition) is 3. The van der Waals surface area contributed by atoms with E-state index in [-0.39, 0.29) is 0 Å². The molecule has 3 nitrogen and oxygen atoms in total. The maximum Gasteiger partial charge on any atom is 0.0394 e. The SMILES string of the molecule is CC(N)CCCN(C)c1ccncc1. The fourth-order valence-corrected chi connectivity index (χ4v) is 1.38. The summed E-state index contributed by atoms with van der Waals surface area (Å²) < 4.78 is 0. The lowest BCUT2D eigenvalue weighted by atomic mass is 10.2. The molecule has 0 aliphatic carbocycles. The number of hydrogen-bond donors (Lipinski definition) is 1. The molecule has 0 amide bonds. The number of nitrogens with two attached hydrogens (primary N) is 1. The molecular weight excluding hydrogens is 174 g/mol. The Morgan fingerprint density at radius 3 is 2.64 bits per heavy atom. The second-order valence-corrected chi connectivity index (χ2v) is 3.75. The second kappa shape index (κ2) is 5.60. The van der Waals surface area contributed by atoms with Gasteiger partial charge in [0.25, 0.3) is 0 Å². The summed E-state index contributed by atoms with van der Waals surface area (Å²) in [5.41, 5.74) is 6.90. The van der Waals surface area contributed by atoms with Gasteiger partial charge < -0.3 is 10.6 Å². The standard InChI is InChI=1S/C11H19N3/c1-10(12)4-3-9-14(2)11-5-7-13-8-6-11/h5-8,10H,3-4,9,12H2,1-2H3. The molecule has 1 heterocycles. The van der Waals surface area contributed by atoms with Gasteiger partial charge in [0, 0.05) is 37.7 Å². The van der Waals surface area contributed by atoms with Crippen LogP contribution < -0.4 is 10.6 Å². The predicted molar refractivity (Wildman–Crippen MR) is 60.4 cm³/mol. The van der Waals surface area contributed by atoms with E-state index in [9.17, 15) is 0 Å². The summed E-state index contributed by atoms with van der Waals surface area (Å²) in [6.45, 7) is 3.10. The fourth-order valence-electron chi connectivity index (χ4n) is 1.38. The summed E-state index contributed by atoms with van der Waals surface area (Å²) in [5.74, 6) is 0. The average molecular weight is 193 g/mol. The highest BCUT2D eigenvalue weighted by Gasteiger charge is 2.00. The second-order valence-electron chi connectivity index (χ2n) is 3.75. The third-order valence-corrected chi connectivity index (χ3v) is 2.26. The maximum atomic E-state index is 5.69. The van der Waals surface area contributed by atoms with Crippen LogP contribution in [0.2, 0.25) is 0 Å². The minimum absolute atomic E-state index is 0.306. The van der Waals surface area contributed by atoms with Gasteiger partial charge in [-0.3, -0.25) is 4.98 Å². The molecule has 0 aliphatic rings. The topological polar surface area (TPSA) is 42.1 Å². The molecule has 3 heteroatoms. The minimum Gasteiger partial charge on any atom is -0.375 e. The van der Waals surface area contributed by atoms with Gasteiger partial charge in [0.05, 0.1) is 0 Å². The normalized spacial score (nSPS) is 12.5. The molecule has 1 unspecified atom stereocenters. The molecule has 14 heavy (non-hydrogen) atoms. The van der Waals surface area contributed by atoms with E-state index < -0.39 is 0 Å². The van der Waals surface area contributed by atoms with Crippen LogP contribution in [0.25, 0.3) is 0 Å². The number of rotatable bonds is 5. The van der Waals surface area contributed by atoms with Gasteiger partial charge in [-0.15, -0.1) is 0 Å². The summed E-state index contributed by atoms with van der Waals surface area (Å²) in [6, 6.07) is 4.35. The van der Waals surface area contributed by atoms with E-state index in [1.807, 2.05) is 31.5 Å². The largest absolute Gasteiger partial charge is 0.375 e. The number of aromatic nitrogens is 1. The fraction of sp³-hybridized carbons (Fsp3) is 0.545. The Morgan fingerprint density at radius 2 is 2.07 bits per heavy atom. The van der Waals surface area contributed by atoms with Crippen molar-refractivity contribution in [3.05, 3.63) is 24.5 Å². The first-order chi connectivity index (χ1) is 6.70. The number of nitrogens with zero attached hydrogens (tertiary/aromatic N) is 2. The molecule has 0 bridgehead atoms. The van der Waals surface area contributed by atoms with E-state index >= 15 is 0 Å². The number of anilines is 1. The van der Waals surface area contributed by atoms with Crippen molar-refractivity contribution in [3.63, 3.8) is 0 Å². The first kappa shape index (κ1) is 11.0. The summed E-state index contributed by atoms with van der Waals surface area (Å²) in [6.07, 6.45) is 5.85. The van der Waals surface area contributed by atoms with Gasteiger partial charge in [-0.2, -0.15) is 0 Å². The van der Waals surface area contributed by atoms with Gasteiger partial charge >= 0.3 is 0 Å². The summed E-state index contributed by atoms with van der Waals surface area (Å²) >= 11 is 0. The van der Waals surface area contributed by atoms with Crippen LogP contribution in [0.1, 0.15) is 19.8 Å². The molecule has 2 N–H and O–H groups in total. The Balaban J connectivity index is 2.32. The molecule has 0 fully saturated rings. The van der Waals surface area contributed by atoms with Crippen molar-refractivity contribution in [3.8, 4) is 0 Å². The summed E-state index contributed by atoms with van der Waals surface area (Å²) in [7, 11) is 2.09. The van der Waals surface area contributed by atoms with Crippen LogP contribution in [0.15, 0.2) is 24.5 Å². The van der Waals surface area contributed by atoms with Gasteiger partial charge in [0.2, 0.25) is 0 Å². The molecule has 0 radical (unpaired) electrons. The van der Waals surface area contributed by atoms with Crippen LogP contribution in [0.3, 0.4) is 0 Å². The zero-order valence-electron chi connectivity index (χ0n) is 8.98. The van der Waals surface area contributed by atoms with Crippen molar-refractivity contribution in [2.45, 2.75) is 25.8 Å². The number of pyridine rings is 1. The first-order valence-corrected chi connectivity index (χ1v) is 5.07. The van der Waals surface area contributed by atoms with Crippen LogP contribution in [0.4, 0.5) is 5.69 Å². The molecule has 1 aromatic rings. The van der Waals surface area contributed by atoms with E-state index in [1.165, 1.54) is 5.69 Å². The molecule has 1 atom stereocenters. The molecule has 0 saturated carbocycles. The Morgan fingerprint density at radius 1 is 1.43 bits per heavy atom. The van der Waals surface area contributed by atoms with Gasteiger partial charge in [-0.05, 0) is 31.9 Å². The highest BCUT2D eigenvalue weighted by atomic mass is 15.1. The lowest BCUT2D eigenvalue weighted by Crippen LogP contribution is -2.21. The molecule has 0 aliphatic heterocycles. The van der Waals surface area contributed by atoms with Crippen molar-refractivity contribution in [2.75, 3.05) is 18.5 Å². The Kier molecular flexibility index (Phi) is 4.40. The third-order valence-electron chi connectivity index (χ3n) is 2.26. The van der Waals surface area contributed by atoms with Crippen LogP contribution in [0.5, 0.6) is 0 Å². The van der Waals surface area contributed by atoms with Crippen LogP contribution in [-0.4, -0.2) is 24.6 Å². The first-order valence-electron chi connectivity index (χ1n) is 5.07. The van der Waals surface area contributed by atoms with Gasteiger partial charge in [-0.25, -0.2) is 0 Å². The van der Waals surface area contributed by atoms with Gasteiger partial charge in [-0.1, -0.05) is 0 Å². The van der Waals surface area contributed by atoms with Crippen LogP contribution in [-0.2, 0) is 0 Å². The lowest BCUT2D eigenvalue weighted by Gasteiger charge is -2.19. The van der Waals surface area contributed by atoms with Crippen molar-refractivity contribution in [1.29, 1.82) is 0 Å². The predicted octanol–water partition coefficient (Wildman–Crippen LogP) is 1.65. The average Bonchev–Trinajstić information content (AvgIpc) is 2.18. The van der Waals surface area contributed by atoms with Gasteiger partial charge in [0.15, 0.2) is 0 Å². The molecule has 1 aromatic heterocycles. The lowest BCUT2D eigenvalue weighted by molar-refractivity contribution is 0.621. The van der Waals surface area contributed by atoms with E-state index in [0.29, 0.717) is 6.04 Å².